The molecule has 0 aliphatic carbocycles. The minimum Gasteiger partial charge on any atom is -0.435 e. The Bertz CT molecular complexity index is 549. The van der Waals surface area contributed by atoms with Crippen LogP contribution < -0.4 is 0 Å². The number of rotatable bonds is 4. The van der Waals surface area contributed by atoms with Gasteiger partial charge in [0.15, 0.2) is 0 Å². The number of ether oxygens (including phenoxy) is 1. The van der Waals surface area contributed by atoms with Gasteiger partial charge in [-0.2, -0.15) is 0 Å². The maximum Gasteiger partial charge on any atom is 0.307 e. The van der Waals surface area contributed by atoms with Gasteiger partial charge < -0.3 is 9.84 Å². The first-order chi connectivity index (χ1) is 9.63. The van der Waals surface area contributed by atoms with Gasteiger partial charge in [0.1, 0.15) is 5.60 Å². The van der Waals surface area contributed by atoms with E-state index in [4.69, 9.17) is 4.74 Å². The zero-order valence-corrected chi connectivity index (χ0v) is 11.2. The number of aliphatic hydroxyl groups is 1. The van der Waals surface area contributed by atoms with E-state index in [1.54, 1.807) is 0 Å². The van der Waals surface area contributed by atoms with Gasteiger partial charge in [0.05, 0.1) is 6.26 Å². The summed E-state index contributed by atoms with van der Waals surface area (Å²) < 4.78 is 4.80. The Morgan fingerprint density at radius 3 is 1.85 bits per heavy atom. The number of hydrogen-bond donors (Lipinski definition) is 1. The summed E-state index contributed by atoms with van der Waals surface area (Å²) in [7, 11) is 0. The molecule has 0 radical (unpaired) electrons. The first-order valence-electron chi connectivity index (χ1n) is 6.31. The summed E-state index contributed by atoms with van der Waals surface area (Å²) in [6.45, 7) is 1.31. The van der Waals surface area contributed by atoms with Crippen molar-refractivity contribution in [2.24, 2.45) is 0 Å². The summed E-state index contributed by atoms with van der Waals surface area (Å²) in [5, 5.41) is 11.0. The largest absolute Gasteiger partial charge is 0.435 e. The van der Waals surface area contributed by atoms with E-state index in [-0.39, 0.29) is 0 Å². The van der Waals surface area contributed by atoms with Crippen molar-refractivity contribution in [3.63, 3.8) is 0 Å². The highest BCUT2D eigenvalue weighted by molar-refractivity contribution is 5.66. The van der Waals surface area contributed by atoms with Crippen molar-refractivity contribution in [3.8, 4) is 0 Å². The number of hydrogen-bond acceptors (Lipinski definition) is 3. The van der Waals surface area contributed by atoms with E-state index in [1.165, 1.54) is 19.3 Å². The van der Waals surface area contributed by atoms with Crippen LogP contribution in [-0.2, 0) is 15.1 Å². The smallest absolute Gasteiger partial charge is 0.307 e. The molecule has 0 aromatic heterocycles. The maximum absolute atomic E-state index is 11.0. The molecule has 3 nitrogen and oxygen atoms in total. The summed E-state index contributed by atoms with van der Waals surface area (Å²) in [5.41, 5.74) is 0.0713. The highest BCUT2D eigenvalue weighted by atomic mass is 16.5. The molecule has 102 valence electrons. The molecular weight excluding hydrogens is 252 g/mol. The predicted molar refractivity (Wildman–Crippen MR) is 76.8 cm³/mol. The fraction of sp³-hybridized carbons (Fsp3) is 0.118. The van der Waals surface area contributed by atoms with E-state index in [2.05, 4.69) is 0 Å². The average Bonchev–Trinajstić information content (AvgIpc) is 2.48. The summed E-state index contributed by atoms with van der Waals surface area (Å²) in [6.07, 6.45) is 2.70. The first-order valence-corrected chi connectivity index (χ1v) is 6.31. The first kappa shape index (κ1) is 14.0. The average molecular weight is 268 g/mol. The van der Waals surface area contributed by atoms with Crippen LogP contribution in [0.25, 0.3) is 0 Å². The van der Waals surface area contributed by atoms with Crippen molar-refractivity contribution < 1.29 is 14.6 Å². The Labute approximate surface area is 118 Å². The molecule has 0 heterocycles. The molecule has 0 unspecified atom stereocenters. The van der Waals surface area contributed by atoms with Gasteiger partial charge in [-0.25, -0.2) is 0 Å². The minimum absolute atomic E-state index is 0.426. The zero-order chi connectivity index (χ0) is 14.4. The summed E-state index contributed by atoms with van der Waals surface area (Å²) in [5.74, 6) is -0.426. The molecule has 2 aromatic rings. The summed E-state index contributed by atoms with van der Waals surface area (Å²) >= 11 is 0. The number of benzene rings is 2. The van der Waals surface area contributed by atoms with Gasteiger partial charge in [-0.3, -0.25) is 4.79 Å². The topological polar surface area (TPSA) is 46.5 Å². The van der Waals surface area contributed by atoms with E-state index < -0.39 is 11.6 Å². The number of esters is 1. The van der Waals surface area contributed by atoms with Gasteiger partial charge >= 0.3 is 5.97 Å². The molecule has 0 atom stereocenters. The van der Waals surface area contributed by atoms with E-state index >= 15 is 0 Å². The minimum atomic E-state index is -1.34. The lowest BCUT2D eigenvalue weighted by molar-refractivity contribution is -0.135. The third-order valence-electron chi connectivity index (χ3n) is 2.97. The molecule has 0 saturated carbocycles. The third kappa shape index (κ3) is 3.13. The van der Waals surface area contributed by atoms with Crippen LogP contribution in [-0.4, -0.2) is 11.1 Å². The van der Waals surface area contributed by atoms with E-state index in [0.717, 1.165) is 0 Å². The van der Waals surface area contributed by atoms with Crippen LogP contribution in [0, 0.1) is 0 Å². The van der Waals surface area contributed by atoms with Crippen molar-refractivity contribution in [2.45, 2.75) is 12.5 Å². The Kier molecular flexibility index (Phi) is 4.33. The molecule has 0 aliphatic heterocycles. The lowest BCUT2D eigenvalue weighted by Gasteiger charge is -2.25. The molecule has 0 amide bonds. The van der Waals surface area contributed by atoms with Crippen LogP contribution in [0.1, 0.15) is 18.1 Å². The van der Waals surface area contributed by atoms with Crippen LogP contribution in [0.5, 0.6) is 0 Å². The second-order valence-electron chi connectivity index (χ2n) is 4.41. The van der Waals surface area contributed by atoms with E-state index in [9.17, 15) is 9.90 Å². The molecule has 0 aliphatic rings. The molecule has 0 saturated heterocycles. The van der Waals surface area contributed by atoms with Crippen molar-refractivity contribution in [2.75, 3.05) is 0 Å². The number of carbonyl (C=O) groups is 1. The molecule has 1 N–H and O–H groups in total. The van der Waals surface area contributed by atoms with Crippen LogP contribution in [0.4, 0.5) is 0 Å². The van der Waals surface area contributed by atoms with Crippen LogP contribution in [0.15, 0.2) is 73.0 Å². The second kappa shape index (κ2) is 6.17. The monoisotopic (exact) mass is 268 g/mol. The molecule has 20 heavy (non-hydrogen) atoms. The molecule has 0 fully saturated rings. The van der Waals surface area contributed by atoms with Crippen molar-refractivity contribution in [1.82, 2.24) is 0 Å². The summed E-state index contributed by atoms with van der Waals surface area (Å²) in [6, 6.07) is 18.5. The fourth-order valence-electron chi connectivity index (χ4n) is 1.97. The SMILES string of the molecule is CC(=O)O/C=C\C(O)(c1ccccc1)c1ccccc1. The Hall–Kier alpha value is -2.39. The van der Waals surface area contributed by atoms with Gasteiger partial charge in [-0.15, -0.1) is 0 Å². The van der Waals surface area contributed by atoms with Gasteiger partial charge in [-0.1, -0.05) is 60.7 Å². The Morgan fingerprint density at radius 2 is 1.45 bits per heavy atom. The van der Waals surface area contributed by atoms with E-state index in [0.29, 0.717) is 11.1 Å². The molecule has 3 heteroatoms. The van der Waals surface area contributed by atoms with Crippen LogP contribution >= 0.6 is 0 Å². The van der Waals surface area contributed by atoms with Crippen LogP contribution in [0.2, 0.25) is 0 Å². The van der Waals surface area contributed by atoms with Gasteiger partial charge in [0.2, 0.25) is 0 Å². The molecule has 2 aromatic carbocycles. The van der Waals surface area contributed by atoms with E-state index in [1.807, 2.05) is 60.7 Å². The molecule has 0 bridgehead atoms. The fourth-order valence-corrected chi connectivity index (χ4v) is 1.97. The molecular formula is C17H16O3. The second-order valence-corrected chi connectivity index (χ2v) is 4.41. The Balaban J connectivity index is 2.44. The third-order valence-corrected chi connectivity index (χ3v) is 2.97. The Morgan fingerprint density at radius 1 is 1.00 bits per heavy atom. The lowest BCUT2D eigenvalue weighted by Crippen LogP contribution is -2.24. The molecule has 2 rings (SSSR count). The quantitative estimate of drug-likeness (QED) is 0.685. The van der Waals surface area contributed by atoms with Crippen molar-refractivity contribution in [1.29, 1.82) is 0 Å². The summed E-state index contributed by atoms with van der Waals surface area (Å²) in [4.78, 5) is 10.8. The van der Waals surface area contributed by atoms with Crippen molar-refractivity contribution >= 4 is 5.97 Å². The van der Waals surface area contributed by atoms with Crippen LogP contribution in [0.3, 0.4) is 0 Å². The maximum atomic E-state index is 11.0. The number of carbonyl (C=O) groups excluding carboxylic acids is 1. The van der Waals surface area contributed by atoms with Crippen molar-refractivity contribution in [3.05, 3.63) is 84.1 Å². The van der Waals surface area contributed by atoms with Gasteiger partial charge in [-0.05, 0) is 17.2 Å². The van der Waals surface area contributed by atoms with Gasteiger partial charge in [0.25, 0.3) is 0 Å². The van der Waals surface area contributed by atoms with Gasteiger partial charge in [0, 0.05) is 6.92 Å². The standard InChI is InChI=1S/C17H16O3/c1-14(18)20-13-12-17(19,15-8-4-2-5-9-15)16-10-6-3-7-11-16/h2-13,19H,1H3/b13-12-. The highest BCUT2D eigenvalue weighted by Gasteiger charge is 2.28. The lowest BCUT2D eigenvalue weighted by atomic mass is 9.86. The molecule has 0 spiro atoms. The normalized spacial score (nSPS) is 11.5. The zero-order valence-electron chi connectivity index (χ0n) is 11.2. The predicted octanol–water partition coefficient (Wildman–Crippen LogP) is 3.00. The highest BCUT2D eigenvalue weighted by Crippen LogP contribution is 2.30.